The van der Waals surface area contributed by atoms with Gasteiger partial charge in [0.1, 0.15) is 5.65 Å². The number of H-pyrrole nitrogens is 1. The van der Waals surface area contributed by atoms with Gasteiger partial charge in [-0.3, -0.25) is 4.68 Å². The van der Waals surface area contributed by atoms with Crippen molar-refractivity contribution < 1.29 is 9.90 Å². The van der Waals surface area contributed by atoms with Crippen LogP contribution in [-0.4, -0.2) is 30.8 Å². The predicted molar refractivity (Wildman–Crippen MR) is 95.5 cm³/mol. The maximum Gasteiger partial charge on any atom is 0.337 e. The highest BCUT2D eigenvalue weighted by molar-refractivity contribution is 6.05. The first-order valence-corrected chi connectivity index (χ1v) is 8.80. The molecule has 4 rings (SSSR count). The van der Waals surface area contributed by atoms with Crippen LogP contribution < -0.4 is 0 Å². The van der Waals surface area contributed by atoms with E-state index in [0.29, 0.717) is 23.5 Å². The van der Waals surface area contributed by atoms with Gasteiger partial charge in [0.15, 0.2) is 0 Å². The van der Waals surface area contributed by atoms with Gasteiger partial charge in [-0.1, -0.05) is 12.8 Å². The molecule has 1 saturated carbocycles. The van der Waals surface area contributed by atoms with Gasteiger partial charge in [0.2, 0.25) is 0 Å². The third kappa shape index (κ3) is 2.73. The summed E-state index contributed by atoms with van der Waals surface area (Å²) in [5, 5.41) is 24.0. The first kappa shape index (κ1) is 16.3. The zero-order valence-electron chi connectivity index (χ0n) is 14.2. The number of pyridine rings is 1. The smallest absolute Gasteiger partial charge is 0.337 e. The molecule has 0 bridgehead atoms. The number of rotatable bonds is 5. The number of nitriles is 1. The first-order valence-electron chi connectivity index (χ1n) is 8.80. The number of nitrogens with one attached hydrogen (secondary N) is 1. The molecule has 0 radical (unpaired) electrons. The summed E-state index contributed by atoms with van der Waals surface area (Å²) < 4.78 is 1.85. The number of aromatic amines is 1. The molecule has 26 heavy (non-hydrogen) atoms. The molecule has 0 aliphatic heterocycles. The van der Waals surface area contributed by atoms with Crippen LogP contribution in [0.2, 0.25) is 0 Å². The van der Waals surface area contributed by atoms with E-state index in [9.17, 15) is 15.2 Å². The molecular weight excluding hydrogens is 330 g/mol. The number of carboxylic acids is 1. The standard InChI is InChI=1S/C19H19N5O2/c20-7-5-16(12-3-1-2-4-12)24-11-13(9-23-24)17-14-6-8-21-18(14)22-10-15(17)19(25)26/h6,8-12,16H,1-5H2,(H,21,22)(H,25,26). The fraction of sp³-hybridized carbons (Fsp3) is 0.368. The highest BCUT2D eigenvalue weighted by Gasteiger charge is 2.27. The Morgan fingerprint density at radius 3 is 2.96 bits per heavy atom. The second kappa shape index (κ2) is 6.64. The molecule has 1 atom stereocenters. The van der Waals surface area contributed by atoms with Crippen molar-refractivity contribution in [2.45, 2.75) is 38.1 Å². The van der Waals surface area contributed by atoms with Gasteiger partial charge in [-0.05, 0) is 24.8 Å². The van der Waals surface area contributed by atoms with Crippen molar-refractivity contribution in [1.82, 2.24) is 19.7 Å². The van der Waals surface area contributed by atoms with Crippen molar-refractivity contribution >= 4 is 17.0 Å². The Morgan fingerprint density at radius 1 is 1.42 bits per heavy atom. The van der Waals surface area contributed by atoms with E-state index in [2.05, 4.69) is 21.1 Å². The van der Waals surface area contributed by atoms with Crippen LogP contribution >= 0.6 is 0 Å². The summed E-state index contributed by atoms with van der Waals surface area (Å²) in [6.45, 7) is 0. The average molecular weight is 349 g/mol. The average Bonchev–Trinajstić information content (AvgIpc) is 3.39. The van der Waals surface area contributed by atoms with E-state index >= 15 is 0 Å². The van der Waals surface area contributed by atoms with Gasteiger partial charge in [-0.25, -0.2) is 9.78 Å². The second-order valence-electron chi connectivity index (χ2n) is 6.78. The van der Waals surface area contributed by atoms with E-state index in [-0.39, 0.29) is 11.6 Å². The Morgan fingerprint density at radius 2 is 2.23 bits per heavy atom. The molecule has 3 aromatic heterocycles. The topological polar surface area (TPSA) is 108 Å². The van der Waals surface area contributed by atoms with Crippen LogP contribution in [0.15, 0.2) is 30.9 Å². The zero-order chi connectivity index (χ0) is 18.1. The van der Waals surface area contributed by atoms with E-state index in [1.807, 2.05) is 16.9 Å². The van der Waals surface area contributed by atoms with Crippen molar-refractivity contribution in [2.75, 3.05) is 0 Å². The molecule has 0 saturated heterocycles. The van der Waals surface area contributed by atoms with Gasteiger partial charge in [0.25, 0.3) is 0 Å². The molecular formula is C19H19N5O2. The van der Waals surface area contributed by atoms with Gasteiger partial charge in [-0.15, -0.1) is 0 Å². The minimum absolute atomic E-state index is 0.0353. The number of hydrogen-bond acceptors (Lipinski definition) is 4. The Labute approximate surface area is 150 Å². The molecule has 0 aromatic carbocycles. The van der Waals surface area contributed by atoms with Gasteiger partial charge >= 0.3 is 5.97 Å². The van der Waals surface area contributed by atoms with Crippen LogP contribution in [0.5, 0.6) is 0 Å². The summed E-state index contributed by atoms with van der Waals surface area (Å²) in [5.74, 6) is -0.571. The maximum atomic E-state index is 11.7. The normalized spacial score (nSPS) is 16.0. The van der Waals surface area contributed by atoms with Gasteiger partial charge < -0.3 is 10.1 Å². The molecule has 7 nitrogen and oxygen atoms in total. The van der Waals surface area contributed by atoms with Crippen LogP contribution in [0.25, 0.3) is 22.2 Å². The largest absolute Gasteiger partial charge is 0.478 e. The highest BCUT2D eigenvalue weighted by Crippen LogP contribution is 2.37. The molecule has 1 unspecified atom stereocenters. The van der Waals surface area contributed by atoms with Crippen molar-refractivity contribution in [3.63, 3.8) is 0 Å². The fourth-order valence-electron chi connectivity index (χ4n) is 4.04. The predicted octanol–water partition coefficient (Wildman–Crippen LogP) is 3.77. The van der Waals surface area contributed by atoms with E-state index < -0.39 is 5.97 Å². The molecule has 1 aliphatic carbocycles. The van der Waals surface area contributed by atoms with E-state index in [1.54, 1.807) is 12.4 Å². The van der Waals surface area contributed by atoms with Crippen LogP contribution in [0.1, 0.15) is 48.5 Å². The molecule has 3 aromatic rings. The SMILES string of the molecule is N#CCC(C1CCCC1)n1cc(-c2c(C(=O)O)cnc3[nH]ccc23)cn1. The lowest BCUT2D eigenvalue weighted by Crippen LogP contribution is -2.17. The highest BCUT2D eigenvalue weighted by atomic mass is 16.4. The third-order valence-corrected chi connectivity index (χ3v) is 5.29. The summed E-state index contributed by atoms with van der Waals surface area (Å²) in [7, 11) is 0. The van der Waals surface area contributed by atoms with Crippen LogP contribution in [-0.2, 0) is 0 Å². The summed E-state index contributed by atoms with van der Waals surface area (Å²) in [6.07, 6.45) is 11.7. The van der Waals surface area contributed by atoms with Crippen LogP contribution in [0.3, 0.4) is 0 Å². The molecule has 7 heteroatoms. The van der Waals surface area contributed by atoms with E-state index in [4.69, 9.17) is 0 Å². The monoisotopic (exact) mass is 349 g/mol. The number of carboxylic acid groups (broad SMARTS) is 1. The number of carbonyl (C=O) groups is 1. The third-order valence-electron chi connectivity index (χ3n) is 5.29. The lowest BCUT2D eigenvalue weighted by Gasteiger charge is -2.21. The number of nitrogens with zero attached hydrogens (tertiary/aromatic N) is 4. The Hall–Kier alpha value is -3.14. The molecule has 1 aliphatic rings. The minimum atomic E-state index is -1.02. The summed E-state index contributed by atoms with van der Waals surface area (Å²) in [6, 6.07) is 4.14. The Balaban J connectivity index is 1.79. The molecule has 3 heterocycles. The van der Waals surface area contributed by atoms with Gasteiger partial charge in [-0.2, -0.15) is 10.4 Å². The van der Waals surface area contributed by atoms with E-state index in [1.165, 1.54) is 19.0 Å². The van der Waals surface area contributed by atoms with E-state index in [0.717, 1.165) is 23.8 Å². The first-order chi connectivity index (χ1) is 12.7. The summed E-state index contributed by atoms with van der Waals surface area (Å²) >= 11 is 0. The lowest BCUT2D eigenvalue weighted by molar-refractivity contribution is 0.0697. The Bertz CT molecular complexity index is 991. The quantitative estimate of drug-likeness (QED) is 0.729. The lowest BCUT2D eigenvalue weighted by atomic mass is 9.96. The molecule has 0 amide bonds. The van der Waals surface area contributed by atoms with Crippen molar-refractivity contribution in [1.29, 1.82) is 5.26 Å². The summed E-state index contributed by atoms with van der Waals surface area (Å²) in [5.41, 5.74) is 2.13. The molecule has 132 valence electrons. The van der Waals surface area contributed by atoms with Gasteiger partial charge in [0.05, 0.1) is 30.3 Å². The van der Waals surface area contributed by atoms with Crippen molar-refractivity contribution in [3.05, 3.63) is 36.4 Å². The number of aromatic nitrogens is 4. The zero-order valence-corrected chi connectivity index (χ0v) is 14.2. The van der Waals surface area contributed by atoms with Crippen molar-refractivity contribution in [3.8, 4) is 17.2 Å². The molecule has 1 fully saturated rings. The van der Waals surface area contributed by atoms with Crippen LogP contribution in [0.4, 0.5) is 0 Å². The second-order valence-corrected chi connectivity index (χ2v) is 6.78. The minimum Gasteiger partial charge on any atom is -0.478 e. The number of aromatic carboxylic acids is 1. The van der Waals surface area contributed by atoms with Gasteiger partial charge in [0, 0.05) is 35.1 Å². The summed E-state index contributed by atoms with van der Waals surface area (Å²) in [4.78, 5) is 18.9. The molecule has 2 N–H and O–H groups in total. The number of hydrogen-bond donors (Lipinski definition) is 2. The molecule has 0 spiro atoms. The Kier molecular flexibility index (Phi) is 4.17. The number of fused-ring (bicyclic) bond motifs is 1. The van der Waals surface area contributed by atoms with Crippen LogP contribution in [0, 0.1) is 17.2 Å². The maximum absolute atomic E-state index is 11.7. The van der Waals surface area contributed by atoms with Crippen molar-refractivity contribution in [2.24, 2.45) is 5.92 Å². The fourth-order valence-corrected chi connectivity index (χ4v) is 4.04.